The van der Waals surface area contributed by atoms with Gasteiger partial charge in [-0.05, 0) is 31.1 Å². The Balaban J connectivity index is 1.73. The van der Waals surface area contributed by atoms with Crippen LogP contribution in [0.15, 0.2) is 0 Å². The van der Waals surface area contributed by atoms with E-state index in [4.69, 9.17) is 0 Å². The SMILES string of the molecule is COC(=O)CCN(C)C(=O)C1CC2CC2C1. The zero-order valence-electron chi connectivity index (χ0n) is 9.94. The molecule has 2 unspecified atom stereocenters. The van der Waals surface area contributed by atoms with E-state index in [-0.39, 0.29) is 24.2 Å². The number of methoxy groups -OCH3 is 1. The standard InChI is InChI=1S/C12H19NO3/c1-13(4-3-11(14)16-2)12(15)10-6-8-5-9(8)7-10/h8-10H,3-7H2,1-2H3. The van der Waals surface area contributed by atoms with Crippen LogP contribution in [0.5, 0.6) is 0 Å². The van der Waals surface area contributed by atoms with E-state index >= 15 is 0 Å². The molecule has 2 atom stereocenters. The number of hydrogen-bond donors (Lipinski definition) is 0. The molecule has 2 rings (SSSR count). The van der Waals surface area contributed by atoms with E-state index < -0.39 is 0 Å². The number of ether oxygens (including phenoxy) is 1. The van der Waals surface area contributed by atoms with Crippen molar-refractivity contribution >= 4 is 11.9 Å². The molecule has 0 aromatic carbocycles. The molecule has 0 N–H and O–H groups in total. The van der Waals surface area contributed by atoms with E-state index in [0.29, 0.717) is 6.54 Å². The average Bonchev–Trinajstić information content (AvgIpc) is 2.91. The van der Waals surface area contributed by atoms with Gasteiger partial charge in [0, 0.05) is 19.5 Å². The molecule has 0 heterocycles. The Morgan fingerprint density at radius 1 is 1.25 bits per heavy atom. The Hall–Kier alpha value is -1.06. The maximum Gasteiger partial charge on any atom is 0.307 e. The molecular weight excluding hydrogens is 206 g/mol. The molecule has 0 spiro atoms. The second-order valence-corrected chi connectivity index (χ2v) is 5.01. The molecule has 2 fully saturated rings. The highest BCUT2D eigenvalue weighted by Crippen LogP contribution is 2.54. The molecule has 2 aliphatic carbocycles. The molecule has 0 radical (unpaired) electrons. The molecule has 0 aromatic rings. The molecule has 4 heteroatoms. The third-order valence-electron chi connectivity index (χ3n) is 3.85. The third kappa shape index (κ3) is 2.36. The van der Waals surface area contributed by atoms with Crippen LogP contribution in [-0.4, -0.2) is 37.5 Å². The molecule has 0 saturated heterocycles. The predicted molar refractivity (Wildman–Crippen MR) is 58.6 cm³/mol. The number of rotatable bonds is 4. The van der Waals surface area contributed by atoms with Crippen LogP contribution in [0, 0.1) is 17.8 Å². The van der Waals surface area contributed by atoms with Gasteiger partial charge in [0.15, 0.2) is 0 Å². The summed E-state index contributed by atoms with van der Waals surface area (Å²) < 4.78 is 4.55. The van der Waals surface area contributed by atoms with E-state index in [2.05, 4.69) is 4.74 Å². The normalized spacial score (nSPS) is 30.8. The minimum atomic E-state index is -0.256. The van der Waals surface area contributed by atoms with Gasteiger partial charge in [-0.15, -0.1) is 0 Å². The van der Waals surface area contributed by atoms with Crippen LogP contribution in [-0.2, 0) is 14.3 Å². The zero-order valence-corrected chi connectivity index (χ0v) is 9.94. The van der Waals surface area contributed by atoms with Gasteiger partial charge in [0.2, 0.25) is 5.91 Å². The van der Waals surface area contributed by atoms with Crippen LogP contribution < -0.4 is 0 Å². The number of esters is 1. The third-order valence-corrected chi connectivity index (χ3v) is 3.85. The molecular formula is C12H19NO3. The van der Waals surface area contributed by atoms with Gasteiger partial charge in [-0.25, -0.2) is 0 Å². The molecule has 0 bridgehead atoms. The summed E-state index contributed by atoms with van der Waals surface area (Å²) in [7, 11) is 3.14. The maximum atomic E-state index is 12.0. The first-order chi connectivity index (χ1) is 7.61. The minimum Gasteiger partial charge on any atom is -0.469 e. The number of carbonyl (C=O) groups excluding carboxylic acids is 2. The molecule has 2 saturated carbocycles. The lowest BCUT2D eigenvalue weighted by Crippen LogP contribution is -2.34. The van der Waals surface area contributed by atoms with Crippen LogP contribution in [0.1, 0.15) is 25.7 Å². The lowest BCUT2D eigenvalue weighted by molar-refractivity contribution is -0.142. The van der Waals surface area contributed by atoms with E-state index in [1.54, 1.807) is 11.9 Å². The van der Waals surface area contributed by atoms with Gasteiger partial charge >= 0.3 is 5.97 Å². The predicted octanol–water partition coefficient (Wildman–Crippen LogP) is 1.05. The summed E-state index contributed by atoms with van der Waals surface area (Å²) in [6.45, 7) is 0.470. The van der Waals surface area contributed by atoms with Crippen molar-refractivity contribution in [1.82, 2.24) is 4.90 Å². The smallest absolute Gasteiger partial charge is 0.307 e. The highest BCUT2D eigenvalue weighted by Gasteiger charge is 2.48. The molecule has 0 aromatic heterocycles. The Bertz CT molecular complexity index is 293. The van der Waals surface area contributed by atoms with Gasteiger partial charge < -0.3 is 9.64 Å². The first-order valence-electron chi connectivity index (χ1n) is 5.93. The Kier molecular flexibility index (Phi) is 3.17. The van der Waals surface area contributed by atoms with Crippen molar-refractivity contribution in [2.75, 3.05) is 20.7 Å². The lowest BCUT2D eigenvalue weighted by atomic mass is 10.0. The highest BCUT2D eigenvalue weighted by atomic mass is 16.5. The van der Waals surface area contributed by atoms with E-state index in [9.17, 15) is 9.59 Å². The monoisotopic (exact) mass is 225 g/mol. The summed E-state index contributed by atoms with van der Waals surface area (Å²) in [5.41, 5.74) is 0. The van der Waals surface area contributed by atoms with Crippen LogP contribution in [0.4, 0.5) is 0 Å². The Morgan fingerprint density at radius 2 is 1.88 bits per heavy atom. The van der Waals surface area contributed by atoms with Crippen molar-refractivity contribution in [3.05, 3.63) is 0 Å². The van der Waals surface area contributed by atoms with Crippen LogP contribution >= 0.6 is 0 Å². The van der Waals surface area contributed by atoms with Gasteiger partial charge in [0.25, 0.3) is 0 Å². The topological polar surface area (TPSA) is 46.6 Å². The van der Waals surface area contributed by atoms with Crippen LogP contribution in [0.25, 0.3) is 0 Å². The first kappa shape index (κ1) is 11.4. The number of fused-ring (bicyclic) bond motifs is 1. The van der Waals surface area contributed by atoms with Gasteiger partial charge in [-0.1, -0.05) is 0 Å². The average molecular weight is 225 g/mol. The second-order valence-electron chi connectivity index (χ2n) is 5.01. The minimum absolute atomic E-state index is 0.205. The van der Waals surface area contributed by atoms with E-state index in [1.807, 2.05) is 0 Å². The van der Waals surface area contributed by atoms with Crippen molar-refractivity contribution in [3.63, 3.8) is 0 Å². The maximum absolute atomic E-state index is 12.0. The molecule has 0 aliphatic heterocycles. The van der Waals surface area contributed by atoms with Crippen molar-refractivity contribution in [2.24, 2.45) is 17.8 Å². The molecule has 2 aliphatic rings. The summed E-state index contributed by atoms with van der Waals surface area (Å²) in [5.74, 6) is 1.81. The van der Waals surface area contributed by atoms with Crippen molar-refractivity contribution in [1.29, 1.82) is 0 Å². The fraction of sp³-hybridized carbons (Fsp3) is 0.833. The zero-order chi connectivity index (χ0) is 11.7. The summed E-state index contributed by atoms with van der Waals surface area (Å²) in [6.07, 6.45) is 3.74. The molecule has 1 amide bonds. The summed E-state index contributed by atoms with van der Waals surface area (Å²) in [5, 5.41) is 0. The fourth-order valence-corrected chi connectivity index (χ4v) is 2.70. The van der Waals surface area contributed by atoms with Crippen LogP contribution in [0.2, 0.25) is 0 Å². The molecule has 4 nitrogen and oxygen atoms in total. The molecule has 16 heavy (non-hydrogen) atoms. The number of nitrogens with zero attached hydrogens (tertiary/aromatic N) is 1. The van der Waals surface area contributed by atoms with Crippen molar-refractivity contribution in [2.45, 2.75) is 25.7 Å². The van der Waals surface area contributed by atoms with E-state index in [0.717, 1.165) is 24.7 Å². The van der Waals surface area contributed by atoms with Crippen molar-refractivity contribution < 1.29 is 14.3 Å². The Morgan fingerprint density at radius 3 is 2.44 bits per heavy atom. The van der Waals surface area contributed by atoms with Crippen LogP contribution in [0.3, 0.4) is 0 Å². The quantitative estimate of drug-likeness (QED) is 0.672. The lowest BCUT2D eigenvalue weighted by Gasteiger charge is -2.21. The fourth-order valence-electron chi connectivity index (χ4n) is 2.70. The van der Waals surface area contributed by atoms with Gasteiger partial charge in [-0.3, -0.25) is 9.59 Å². The van der Waals surface area contributed by atoms with Gasteiger partial charge in [0.1, 0.15) is 0 Å². The molecule has 90 valence electrons. The summed E-state index contributed by atoms with van der Waals surface area (Å²) in [6, 6.07) is 0. The van der Waals surface area contributed by atoms with E-state index in [1.165, 1.54) is 13.5 Å². The second kappa shape index (κ2) is 4.44. The largest absolute Gasteiger partial charge is 0.469 e. The summed E-state index contributed by atoms with van der Waals surface area (Å²) in [4.78, 5) is 24.6. The van der Waals surface area contributed by atoms with Crippen molar-refractivity contribution in [3.8, 4) is 0 Å². The summed E-state index contributed by atoms with van der Waals surface area (Å²) >= 11 is 0. The highest BCUT2D eigenvalue weighted by molar-refractivity contribution is 5.80. The number of amides is 1. The first-order valence-corrected chi connectivity index (χ1v) is 5.93. The Labute approximate surface area is 95.9 Å². The van der Waals surface area contributed by atoms with Gasteiger partial charge in [0.05, 0.1) is 13.5 Å². The van der Waals surface area contributed by atoms with Gasteiger partial charge in [-0.2, -0.15) is 0 Å². The number of carbonyl (C=O) groups is 2. The number of hydrogen-bond acceptors (Lipinski definition) is 3.